The fourth-order valence-corrected chi connectivity index (χ4v) is 12.4. The van der Waals surface area contributed by atoms with Crippen LogP contribution in [0, 0.1) is 19.1 Å². The molecule has 0 atom stereocenters. The fraction of sp³-hybridized carbons (Fsp3) is 0.0580. The third-order valence-electron chi connectivity index (χ3n) is 15.8. The van der Waals surface area contributed by atoms with Gasteiger partial charge in [-0.2, -0.15) is 6.07 Å². The molecule has 366 valence electrons. The molecule has 77 heavy (non-hydrogen) atoms. The van der Waals surface area contributed by atoms with E-state index in [4.69, 9.17) is 15.0 Å². The number of aromatic nitrogens is 7. The second kappa shape index (κ2) is 17.2. The molecule has 0 spiro atoms. The molecule has 10 aromatic carbocycles. The van der Waals surface area contributed by atoms with Gasteiger partial charge in [-0.1, -0.05) is 164 Å². The normalized spacial score (nSPS) is 12.1. The van der Waals surface area contributed by atoms with Crippen molar-refractivity contribution in [3.8, 4) is 39.7 Å². The van der Waals surface area contributed by atoms with Gasteiger partial charge in [0.25, 0.3) is 0 Å². The molecular formula is C69H45N7Pt. The first-order chi connectivity index (χ1) is 37.4. The number of benzene rings is 10. The predicted molar refractivity (Wildman–Crippen MR) is 314 cm³/mol. The van der Waals surface area contributed by atoms with Crippen LogP contribution in [0.25, 0.3) is 143 Å². The third kappa shape index (κ3) is 6.63. The van der Waals surface area contributed by atoms with Gasteiger partial charge in [-0.3, -0.25) is 9.38 Å². The van der Waals surface area contributed by atoms with Crippen molar-refractivity contribution in [3.63, 3.8) is 0 Å². The Kier molecular flexibility index (Phi) is 10.1. The molecule has 0 aliphatic carbocycles. The second-order valence-corrected chi connectivity index (χ2v) is 20.5. The summed E-state index contributed by atoms with van der Waals surface area (Å²) < 4.78 is 9.31. The monoisotopic (exact) mass is 1170 g/mol. The Morgan fingerprint density at radius 1 is 0.468 bits per heavy atom. The number of aryl methyl sites for hydroxylation is 1. The Labute approximate surface area is 457 Å². The summed E-state index contributed by atoms with van der Waals surface area (Å²) in [6.07, 6.45) is 1.93. The summed E-state index contributed by atoms with van der Waals surface area (Å²) in [6.45, 7) is 6.76. The fourth-order valence-electron chi connectivity index (χ4n) is 12.4. The van der Waals surface area contributed by atoms with Gasteiger partial charge < -0.3 is 13.7 Å². The third-order valence-corrected chi connectivity index (χ3v) is 15.8. The summed E-state index contributed by atoms with van der Waals surface area (Å²) in [5.74, 6) is 1.86. The van der Waals surface area contributed by atoms with Crippen molar-refractivity contribution in [1.82, 2.24) is 33.1 Å². The van der Waals surface area contributed by atoms with Crippen LogP contribution in [-0.2, 0) is 21.1 Å². The van der Waals surface area contributed by atoms with Gasteiger partial charge in [-0.25, -0.2) is 9.97 Å². The molecule has 0 unspecified atom stereocenters. The van der Waals surface area contributed by atoms with E-state index in [-0.39, 0.29) is 27.0 Å². The number of fused-ring (bicyclic) bond motifs is 17. The molecule has 0 N–H and O–H groups in total. The molecule has 0 aliphatic rings. The first-order valence-corrected chi connectivity index (χ1v) is 26.1. The van der Waals surface area contributed by atoms with Crippen LogP contribution in [0.15, 0.2) is 212 Å². The minimum Gasteiger partial charge on any atom is -0.352 e. The van der Waals surface area contributed by atoms with Crippen LogP contribution in [0.2, 0.25) is 0 Å². The van der Waals surface area contributed by atoms with Gasteiger partial charge in [0.1, 0.15) is 17.0 Å². The van der Waals surface area contributed by atoms with Crippen LogP contribution in [0.3, 0.4) is 0 Å². The summed E-state index contributed by atoms with van der Waals surface area (Å²) in [4.78, 5) is 16.1. The summed E-state index contributed by atoms with van der Waals surface area (Å²) in [5, 5.41) is 10.3. The van der Waals surface area contributed by atoms with Crippen molar-refractivity contribution in [3.05, 3.63) is 236 Å². The maximum absolute atomic E-state index is 5.61. The minimum absolute atomic E-state index is 0. The molecule has 0 aliphatic heterocycles. The van der Waals surface area contributed by atoms with E-state index < -0.39 is 0 Å². The van der Waals surface area contributed by atoms with Crippen molar-refractivity contribution in [2.45, 2.75) is 26.7 Å². The Bertz CT molecular complexity index is 5110. The zero-order valence-electron chi connectivity index (χ0n) is 42.2. The molecule has 0 fully saturated rings. The molecule has 16 rings (SSSR count). The van der Waals surface area contributed by atoms with Gasteiger partial charge in [0.2, 0.25) is 0 Å². The number of nitrogens with zero attached hydrogens (tertiary/aromatic N) is 7. The second-order valence-electron chi connectivity index (χ2n) is 20.5. The summed E-state index contributed by atoms with van der Waals surface area (Å²) in [6, 6.07) is 82.1. The minimum atomic E-state index is 0. The average molecular weight is 1170 g/mol. The largest absolute Gasteiger partial charge is 2.00 e. The average Bonchev–Trinajstić information content (AvgIpc) is 4.45. The molecule has 7 nitrogen and oxygen atoms in total. The van der Waals surface area contributed by atoms with Crippen LogP contribution in [-0.4, -0.2) is 33.1 Å². The van der Waals surface area contributed by atoms with E-state index >= 15 is 0 Å². The number of hydrogen-bond acceptors (Lipinski definition) is 3. The van der Waals surface area contributed by atoms with Crippen molar-refractivity contribution in [1.29, 1.82) is 0 Å². The van der Waals surface area contributed by atoms with Gasteiger partial charge in [-0.05, 0) is 98.7 Å². The van der Waals surface area contributed by atoms with Crippen molar-refractivity contribution < 1.29 is 21.1 Å². The van der Waals surface area contributed by atoms with E-state index in [1.165, 1.54) is 32.8 Å². The van der Waals surface area contributed by atoms with E-state index in [9.17, 15) is 0 Å². The molecule has 8 heteroatoms. The van der Waals surface area contributed by atoms with Crippen LogP contribution in [0.4, 0.5) is 0 Å². The molecule has 0 saturated carbocycles. The molecule has 0 radical (unpaired) electrons. The van der Waals surface area contributed by atoms with Crippen LogP contribution >= 0.6 is 0 Å². The van der Waals surface area contributed by atoms with E-state index in [0.29, 0.717) is 0 Å². The van der Waals surface area contributed by atoms with Gasteiger partial charge in [-0.15, -0.1) is 46.7 Å². The first-order valence-electron chi connectivity index (χ1n) is 26.1. The molecule has 0 bridgehead atoms. The molecular weight excluding hydrogens is 1120 g/mol. The van der Waals surface area contributed by atoms with Gasteiger partial charge in [0.15, 0.2) is 0 Å². The maximum Gasteiger partial charge on any atom is 2.00 e. The van der Waals surface area contributed by atoms with Crippen LogP contribution in [0.5, 0.6) is 0 Å². The number of para-hydroxylation sites is 3. The standard InChI is InChI=1S/C69H45N7.Pt/c1-41(2)54-36-44(43-18-5-4-6-19-43)32-33-61(54)76-67-48-23-8-7-20-45(48)34-42(3)66(67)72-68(76)46-21-17-22-47(35-46)73-58-29-14-12-26-51(58)55-37-56-52-27-13-15-30-59(52)74(63(56)38-62(55)73)65-39-64-57(40-70-65)71-69-53-28-10-9-24-49(53)50-25-11-16-31-60(50)75(64)69;/h4-34,36-37,39-41H,1-3H3;/q-2;+2. The van der Waals surface area contributed by atoms with Gasteiger partial charge in [0.05, 0.1) is 34.1 Å². The predicted octanol–water partition coefficient (Wildman–Crippen LogP) is 17.2. The topological polar surface area (TPSA) is 57.9 Å². The Morgan fingerprint density at radius 3 is 1.86 bits per heavy atom. The summed E-state index contributed by atoms with van der Waals surface area (Å²) in [7, 11) is 0. The Balaban J connectivity index is 0.00000518. The zero-order valence-corrected chi connectivity index (χ0v) is 44.5. The van der Waals surface area contributed by atoms with E-state index in [0.717, 1.165) is 122 Å². The number of hydrogen-bond donors (Lipinski definition) is 0. The van der Waals surface area contributed by atoms with Gasteiger partial charge in [0, 0.05) is 38.9 Å². The molecule has 0 saturated heterocycles. The maximum atomic E-state index is 5.61. The number of imidazole rings is 2. The smallest absolute Gasteiger partial charge is 0.352 e. The quantitative estimate of drug-likeness (QED) is 0.123. The molecule has 6 heterocycles. The summed E-state index contributed by atoms with van der Waals surface area (Å²) >= 11 is 0. The van der Waals surface area contributed by atoms with E-state index in [1.54, 1.807) is 0 Å². The van der Waals surface area contributed by atoms with Gasteiger partial charge >= 0.3 is 21.1 Å². The van der Waals surface area contributed by atoms with Crippen molar-refractivity contribution in [2.24, 2.45) is 0 Å². The zero-order chi connectivity index (χ0) is 50.3. The van der Waals surface area contributed by atoms with Crippen LogP contribution < -0.4 is 0 Å². The Morgan fingerprint density at radius 2 is 1.10 bits per heavy atom. The van der Waals surface area contributed by atoms with E-state index in [2.05, 4.69) is 257 Å². The Hall–Kier alpha value is -9.16. The molecule has 16 aromatic rings. The molecule has 0 amide bonds. The summed E-state index contributed by atoms with van der Waals surface area (Å²) in [5.41, 5.74) is 17.6. The number of pyridine rings is 2. The SMILES string of the molecule is Cc1cc2ccccc2c2c1nc(-c1[c-]c(-n3c4[c-]c5c(cc4c4ccccc43)c3ccccc3n5-c3cc4c(cn3)nc3c5ccccc5c5ccccc5n43)ccc1)n2-c1ccc(-c2ccccc2)cc1C(C)C.[Pt+2]. The first kappa shape index (κ1) is 45.2. The van der Waals surface area contributed by atoms with Crippen molar-refractivity contribution >= 4 is 104 Å². The molecule has 6 aromatic heterocycles. The van der Waals surface area contributed by atoms with Crippen LogP contribution in [0.1, 0.15) is 30.9 Å². The van der Waals surface area contributed by atoms with Crippen molar-refractivity contribution in [2.75, 3.05) is 0 Å². The number of rotatable bonds is 6. The van der Waals surface area contributed by atoms with E-state index in [1.807, 2.05) is 6.20 Å².